The lowest BCUT2D eigenvalue weighted by Gasteiger charge is -2.21. The number of likely N-dealkylation sites (N-methyl/N-ethyl adjacent to an activating group) is 1. The molecule has 1 saturated heterocycles. The second kappa shape index (κ2) is 7.33. The smallest absolute Gasteiger partial charge is 0.263 e. The number of carbonyl (C=O) groups excluding carboxylic acids is 1. The van der Waals surface area contributed by atoms with Crippen LogP contribution in [0.2, 0.25) is 0 Å². The number of aromatic nitrogens is 1. The zero-order valence-corrected chi connectivity index (χ0v) is 11.8. The monoisotopic (exact) mass is 278 g/mol. The van der Waals surface area contributed by atoms with E-state index >= 15 is 0 Å². The Morgan fingerprint density at radius 1 is 1.50 bits per heavy atom. The highest BCUT2D eigenvalue weighted by atomic mass is 16.5. The van der Waals surface area contributed by atoms with Crippen molar-refractivity contribution >= 4 is 5.91 Å². The highest BCUT2D eigenvalue weighted by Gasteiger charge is 2.30. The topological polar surface area (TPSA) is 80.5 Å². The van der Waals surface area contributed by atoms with Gasteiger partial charge in [-0.2, -0.15) is 0 Å². The Kier molecular flexibility index (Phi) is 5.46. The van der Waals surface area contributed by atoms with Crippen molar-refractivity contribution in [3.8, 4) is 0 Å². The molecule has 3 N–H and O–H groups in total. The fourth-order valence-electron chi connectivity index (χ4n) is 2.43. The number of nitrogens with zero attached hydrogens (tertiary/aromatic N) is 2. The number of hydrogen-bond donors (Lipinski definition) is 2. The SMILES string of the molecule is CN(CCc1ccncc1)CC1CCC(C(=O)NN)O1. The van der Waals surface area contributed by atoms with Crippen LogP contribution in [0, 0.1) is 0 Å². The highest BCUT2D eigenvalue weighted by molar-refractivity contribution is 5.80. The van der Waals surface area contributed by atoms with Crippen LogP contribution in [0.1, 0.15) is 18.4 Å². The quantitative estimate of drug-likeness (QED) is 0.438. The molecular formula is C14H22N4O2. The molecule has 2 heterocycles. The van der Waals surface area contributed by atoms with Crippen LogP contribution in [-0.4, -0.2) is 48.1 Å². The zero-order valence-electron chi connectivity index (χ0n) is 11.8. The van der Waals surface area contributed by atoms with Crippen molar-refractivity contribution in [1.29, 1.82) is 0 Å². The number of ether oxygens (including phenoxy) is 1. The number of rotatable bonds is 6. The first-order valence-corrected chi connectivity index (χ1v) is 6.92. The number of pyridine rings is 1. The maximum Gasteiger partial charge on any atom is 0.263 e. The maximum absolute atomic E-state index is 11.4. The summed E-state index contributed by atoms with van der Waals surface area (Å²) in [4.78, 5) is 17.6. The summed E-state index contributed by atoms with van der Waals surface area (Å²) in [5, 5.41) is 0. The van der Waals surface area contributed by atoms with Gasteiger partial charge in [0, 0.05) is 25.5 Å². The van der Waals surface area contributed by atoms with Gasteiger partial charge in [0.25, 0.3) is 5.91 Å². The fourth-order valence-corrected chi connectivity index (χ4v) is 2.43. The highest BCUT2D eigenvalue weighted by Crippen LogP contribution is 2.20. The van der Waals surface area contributed by atoms with Crippen molar-refractivity contribution in [2.45, 2.75) is 31.5 Å². The predicted octanol–water partition coefficient (Wildman–Crippen LogP) is 0.0934. The van der Waals surface area contributed by atoms with E-state index in [0.29, 0.717) is 0 Å². The molecule has 20 heavy (non-hydrogen) atoms. The van der Waals surface area contributed by atoms with E-state index in [9.17, 15) is 4.79 Å². The third-order valence-corrected chi connectivity index (χ3v) is 3.59. The Morgan fingerprint density at radius 2 is 2.25 bits per heavy atom. The Balaban J connectivity index is 1.70. The molecule has 0 bridgehead atoms. The molecule has 2 atom stereocenters. The summed E-state index contributed by atoms with van der Waals surface area (Å²) < 4.78 is 5.69. The minimum absolute atomic E-state index is 0.111. The van der Waals surface area contributed by atoms with Crippen LogP contribution in [-0.2, 0) is 16.0 Å². The van der Waals surface area contributed by atoms with E-state index in [1.807, 2.05) is 24.5 Å². The standard InChI is InChI=1S/C14H22N4O2/c1-18(9-6-11-4-7-16-8-5-11)10-12-2-3-13(20-12)14(19)17-15/h4-5,7-8,12-13H,2-3,6,9-10,15H2,1H3,(H,17,19). The van der Waals surface area contributed by atoms with E-state index in [1.165, 1.54) is 5.56 Å². The molecule has 2 unspecified atom stereocenters. The average Bonchev–Trinajstić information content (AvgIpc) is 2.94. The van der Waals surface area contributed by atoms with Crippen LogP contribution in [0.4, 0.5) is 0 Å². The summed E-state index contributed by atoms with van der Waals surface area (Å²) in [6.07, 6.45) is 5.97. The first kappa shape index (κ1) is 14.9. The van der Waals surface area contributed by atoms with Gasteiger partial charge in [0.05, 0.1) is 6.10 Å². The lowest BCUT2D eigenvalue weighted by molar-refractivity contribution is -0.132. The number of nitrogens with one attached hydrogen (secondary N) is 1. The average molecular weight is 278 g/mol. The first-order chi connectivity index (χ1) is 9.69. The Hall–Kier alpha value is -1.50. The summed E-state index contributed by atoms with van der Waals surface area (Å²) in [6, 6.07) is 4.06. The van der Waals surface area contributed by atoms with Crippen LogP contribution in [0.5, 0.6) is 0 Å². The van der Waals surface area contributed by atoms with Gasteiger partial charge in [0.15, 0.2) is 0 Å². The molecule has 2 rings (SSSR count). The molecule has 1 amide bonds. The molecule has 6 heteroatoms. The van der Waals surface area contributed by atoms with Gasteiger partial charge in [0.1, 0.15) is 6.10 Å². The lowest BCUT2D eigenvalue weighted by Crippen LogP contribution is -2.40. The van der Waals surface area contributed by atoms with Crippen molar-refractivity contribution in [1.82, 2.24) is 15.3 Å². The van der Waals surface area contributed by atoms with Crippen molar-refractivity contribution in [3.63, 3.8) is 0 Å². The van der Waals surface area contributed by atoms with Gasteiger partial charge in [0.2, 0.25) is 0 Å². The van der Waals surface area contributed by atoms with Gasteiger partial charge in [-0.1, -0.05) is 0 Å². The number of nitrogens with two attached hydrogens (primary N) is 1. The van der Waals surface area contributed by atoms with E-state index in [1.54, 1.807) is 0 Å². The van der Waals surface area contributed by atoms with Crippen molar-refractivity contribution in [2.24, 2.45) is 5.84 Å². The zero-order chi connectivity index (χ0) is 14.4. The van der Waals surface area contributed by atoms with Crippen molar-refractivity contribution in [3.05, 3.63) is 30.1 Å². The molecule has 0 radical (unpaired) electrons. The van der Waals surface area contributed by atoms with Gasteiger partial charge in [-0.15, -0.1) is 0 Å². The molecular weight excluding hydrogens is 256 g/mol. The number of amides is 1. The normalized spacial score (nSPS) is 22.1. The molecule has 1 aromatic heterocycles. The van der Waals surface area contributed by atoms with Gasteiger partial charge < -0.3 is 9.64 Å². The molecule has 1 fully saturated rings. The first-order valence-electron chi connectivity index (χ1n) is 6.92. The molecule has 0 spiro atoms. The van der Waals surface area contributed by atoms with Crippen molar-refractivity contribution < 1.29 is 9.53 Å². The summed E-state index contributed by atoms with van der Waals surface area (Å²) in [5.41, 5.74) is 3.42. The summed E-state index contributed by atoms with van der Waals surface area (Å²) in [5.74, 6) is 4.89. The van der Waals surface area contributed by atoms with Gasteiger partial charge in [-0.25, -0.2) is 5.84 Å². The van der Waals surface area contributed by atoms with Crippen LogP contribution in [0.25, 0.3) is 0 Å². The number of hydrogen-bond acceptors (Lipinski definition) is 5. The van der Waals surface area contributed by atoms with Crippen LogP contribution in [0.15, 0.2) is 24.5 Å². The third-order valence-electron chi connectivity index (χ3n) is 3.59. The Bertz CT molecular complexity index is 426. The molecule has 6 nitrogen and oxygen atoms in total. The second-order valence-electron chi connectivity index (χ2n) is 5.20. The van der Waals surface area contributed by atoms with E-state index in [0.717, 1.165) is 32.4 Å². The number of carbonyl (C=O) groups is 1. The van der Waals surface area contributed by atoms with Crippen LogP contribution < -0.4 is 11.3 Å². The molecule has 1 aliphatic heterocycles. The Labute approximate surface area is 119 Å². The molecule has 110 valence electrons. The molecule has 0 saturated carbocycles. The van der Waals surface area contributed by atoms with Crippen LogP contribution in [0.3, 0.4) is 0 Å². The summed E-state index contributed by atoms with van der Waals surface area (Å²) in [6.45, 7) is 1.79. The molecule has 0 aliphatic carbocycles. The van der Waals surface area contributed by atoms with E-state index < -0.39 is 6.10 Å². The van der Waals surface area contributed by atoms with Crippen molar-refractivity contribution in [2.75, 3.05) is 20.1 Å². The second-order valence-corrected chi connectivity index (χ2v) is 5.20. The van der Waals surface area contributed by atoms with E-state index in [-0.39, 0.29) is 12.0 Å². The lowest BCUT2D eigenvalue weighted by atomic mass is 10.1. The van der Waals surface area contributed by atoms with Gasteiger partial charge >= 0.3 is 0 Å². The third kappa shape index (κ3) is 4.26. The van der Waals surface area contributed by atoms with E-state index in [4.69, 9.17) is 10.6 Å². The predicted molar refractivity (Wildman–Crippen MR) is 75.7 cm³/mol. The maximum atomic E-state index is 11.4. The molecule has 1 aromatic rings. The van der Waals surface area contributed by atoms with E-state index in [2.05, 4.69) is 22.4 Å². The van der Waals surface area contributed by atoms with Gasteiger partial charge in [-0.3, -0.25) is 15.2 Å². The molecule has 0 aromatic carbocycles. The largest absolute Gasteiger partial charge is 0.364 e. The minimum Gasteiger partial charge on any atom is -0.364 e. The molecule has 1 aliphatic rings. The Morgan fingerprint density at radius 3 is 2.95 bits per heavy atom. The van der Waals surface area contributed by atoms with Crippen LogP contribution >= 0.6 is 0 Å². The summed E-state index contributed by atoms with van der Waals surface area (Å²) in [7, 11) is 2.07. The fraction of sp³-hybridized carbons (Fsp3) is 0.571. The summed E-state index contributed by atoms with van der Waals surface area (Å²) >= 11 is 0. The minimum atomic E-state index is -0.390. The van der Waals surface area contributed by atoms with Gasteiger partial charge in [-0.05, 0) is 44.0 Å². The number of hydrazine groups is 1.